The Morgan fingerprint density at radius 2 is 1.85 bits per heavy atom. The lowest BCUT2D eigenvalue weighted by Gasteiger charge is -2.34. The van der Waals surface area contributed by atoms with Gasteiger partial charge in [0, 0.05) is 12.8 Å². The Balaban J connectivity index is 1.80. The predicted molar refractivity (Wildman–Crippen MR) is 72.1 cm³/mol. The molecule has 1 saturated heterocycles. The molecule has 1 aliphatic heterocycles. The van der Waals surface area contributed by atoms with E-state index >= 15 is 0 Å². The Kier molecular flexibility index (Phi) is 5.25. The average molecular weight is 280 g/mol. The number of ether oxygens (including phenoxy) is 1. The summed E-state index contributed by atoms with van der Waals surface area (Å²) in [5.41, 5.74) is 1.08. The van der Waals surface area contributed by atoms with Crippen LogP contribution in [0.2, 0.25) is 0 Å². The highest BCUT2D eigenvalue weighted by molar-refractivity contribution is 5.79. The zero-order valence-electron chi connectivity index (χ0n) is 11.2. The highest BCUT2D eigenvalue weighted by atomic mass is 16.5. The van der Waals surface area contributed by atoms with Crippen LogP contribution in [0.25, 0.3) is 0 Å². The van der Waals surface area contributed by atoms with Crippen LogP contribution in [0, 0.1) is 0 Å². The van der Waals surface area contributed by atoms with Crippen molar-refractivity contribution in [2.24, 2.45) is 0 Å². The summed E-state index contributed by atoms with van der Waals surface area (Å²) in [6, 6.07) is 9.68. The Labute approximate surface area is 117 Å². The Morgan fingerprint density at radius 3 is 2.55 bits per heavy atom. The lowest BCUT2D eigenvalue weighted by Crippen LogP contribution is -2.53. The first kappa shape index (κ1) is 15.1. The third kappa shape index (κ3) is 3.86. The van der Waals surface area contributed by atoms with Gasteiger partial charge in [-0.1, -0.05) is 30.3 Å². The van der Waals surface area contributed by atoms with Crippen LogP contribution in [0.15, 0.2) is 30.3 Å². The Morgan fingerprint density at radius 1 is 1.15 bits per heavy atom. The zero-order chi connectivity index (χ0) is 14.5. The lowest BCUT2D eigenvalue weighted by atomic mass is 9.95. The molecule has 1 fully saturated rings. The monoisotopic (exact) mass is 280 g/mol. The molecule has 1 aromatic rings. The fraction of sp³-hybridized carbons (Fsp3) is 0.533. The summed E-state index contributed by atoms with van der Waals surface area (Å²) < 4.78 is 5.21. The van der Waals surface area contributed by atoms with Crippen molar-refractivity contribution in [3.63, 3.8) is 0 Å². The first-order valence-corrected chi connectivity index (χ1v) is 6.79. The molecule has 0 bridgehead atoms. The number of aliphatic hydroxyl groups excluding tert-OH is 3. The van der Waals surface area contributed by atoms with E-state index < -0.39 is 24.4 Å². The lowest BCUT2D eigenvalue weighted by molar-refractivity contribution is -0.189. The molecule has 3 N–H and O–H groups in total. The topological polar surface area (TPSA) is 87.0 Å². The molecule has 1 heterocycles. The number of benzene rings is 1. The number of aliphatic hydroxyl groups is 3. The maximum atomic E-state index is 11.9. The SMILES string of the molecule is O=C(CCc1ccccc1)C[C@@H]1OC[C@@H](O)[C@H](O)[C@H]1O. The van der Waals surface area contributed by atoms with Crippen LogP contribution < -0.4 is 0 Å². The summed E-state index contributed by atoms with van der Waals surface area (Å²) >= 11 is 0. The molecule has 1 aliphatic rings. The van der Waals surface area contributed by atoms with Crippen molar-refractivity contribution in [1.29, 1.82) is 0 Å². The maximum Gasteiger partial charge on any atom is 0.135 e. The normalized spacial score (nSPS) is 30.1. The van der Waals surface area contributed by atoms with Crippen LogP contribution in [0.3, 0.4) is 0 Å². The molecule has 2 rings (SSSR count). The number of ketones is 1. The van der Waals surface area contributed by atoms with Gasteiger partial charge in [-0.3, -0.25) is 4.79 Å². The summed E-state index contributed by atoms with van der Waals surface area (Å²) in [5, 5.41) is 28.6. The third-order valence-electron chi connectivity index (χ3n) is 3.57. The molecule has 1 aromatic carbocycles. The maximum absolute atomic E-state index is 11.9. The number of hydrogen-bond acceptors (Lipinski definition) is 5. The number of hydrogen-bond donors (Lipinski definition) is 3. The molecule has 0 saturated carbocycles. The van der Waals surface area contributed by atoms with Gasteiger partial charge < -0.3 is 20.1 Å². The molecule has 5 heteroatoms. The van der Waals surface area contributed by atoms with Crippen molar-refractivity contribution in [2.75, 3.05) is 6.61 Å². The fourth-order valence-corrected chi connectivity index (χ4v) is 2.30. The van der Waals surface area contributed by atoms with Crippen molar-refractivity contribution >= 4 is 5.78 Å². The van der Waals surface area contributed by atoms with Gasteiger partial charge >= 0.3 is 0 Å². The van der Waals surface area contributed by atoms with Gasteiger partial charge in [-0.05, 0) is 12.0 Å². The average Bonchev–Trinajstić information content (AvgIpc) is 2.47. The molecule has 0 unspecified atom stereocenters. The second-order valence-corrected chi connectivity index (χ2v) is 5.15. The van der Waals surface area contributed by atoms with Crippen LogP contribution in [-0.2, 0) is 16.0 Å². The number of rotatable bonds is 5. The van der Waals surface area contributed by atoms with E-state index in [1.807, 2.05) is 30.3 Å². The van der Waals surface area contributed by atoms with E-state index in [0.717, 1.165) is 5.56 Å². The van der Waals surface area contributed by atoms with E-state index in [4.69, 9.17) is 4.74 Å². The molecule has 0 aromatic heterocycles. The number of aryl methyl sites for hydroxylation is 1. The highest BCUT2D eigenvalue weighted by Gasteiger charge is 2.38. The van der Waals surface area contributed by atoms with Gasteiger partial charge in [-0.2, -0.15) is 0 Å². The van der Waals surface area contributed by atoms with Crippen molar-refractivity contribution in [3.05, 3.63) is 35.9 Å². The molecule has 0 amide bonds. The van der Waals surface area contributed by atoms with Crippen molar-refractivity contribution < 1.29 is 24.9 Å². The second kappa shape index (κ2) is 6.95. The number of carbonyl (C=O) groups is 1. The summed E-state index contributed by atoms with van der Waals surface area (Å²) in [5.74, 6) is -0.0264. The molecular formula is C15H20O5. The summed E-state index contributed by atoms with van der Waals surface area (Å²) in [7, 11) is 0. The van der Waals surface area contributed by atoms with Crippen molar-refractivity contribution in [3.8, 4) is 0 Å². The van der Waals surface area contributed by atoms with Gasteiger partial charge in [-0.25, -0.2) is 0 Å². The Bertz CT molecular complexity index is 433. The summed E-state index contributed by atoms with van der Waals surface area (Å²) in [6.45, 7) is -0.0607. The van der Waals surface area contributed by atoms with E-state index in [1.165, 1.54) is 0 Å². The van der Waals surface area contributed by atoms with Crippen LogP contribution in [0.1, 0.15) is 18.4 Å². The van der Waals surface area contributed by atoms with Gasteiger partial charge in [0.15, 0.2) is 0 Å². The highest BCUT2D eigenvalue weighted by Crippen LogP contribution is 2.19. The fourth-order valence-electron chi connectivity index (χ4n) is 2.30. The molecule has 0 spiro atoms. The zero-order valence-corrected chi connectivity index (χ0v) is 11.2. The minimum absolute atomic E-state index is 0.0264. The number of Topliss-reactive ketones (excluding diaryl/α,β-unsaturated/α-hetero) is 1. The quantitative estimate of drug-likeness (QED) is 0.710. The summed E-state index contributed by atoms with van der Waals surface area (Å²) in [4.78, 5) is 11.9. The first-order valence-electron chi connectivity index (χ1n) is 6.79. The number of carbonyl (C=O) groups excluding carboxylic acids is 1. The van der Waals surface area contributed by atoms with Crippen LogP contribution >= 0.6 is 0 Å². The molecule has 0 radical (unpaired) electrons. The Hall–Kier alpha value is -1.27. The van der Waals surface area contributed by atoms with Crippen molar-refractivity contribution in [1.82, 2.24) is 0 Å². The molecule has 5 nitrogen and oxygen atoms in total. The van der Waals surface area contributed by atoms with Crippen molar-refractivity contribution in [2.45, 2.75) is 43.7 Å². The van der Waals surface area contributed by atoms with Gasteiger partial charge in [-0.15, -0.1) is 0 Å². The van der Waals surface area contributed by atoms with E-state index in [0.29, 0.717) is 12.8 Å². The van der Waals surface area contributed by atoms with E-state index in [2.05, 4.69) is 0 Å². The standard InChI is InChI=1S/C15H20O5/c16-11(7-6-10-4-2-1-3-5-10)8-13-15(19)14(18)12(17)9-20-13/h1-5,12-15,17-19H,6-9H2/t12-,13+,14+,15+/m1/s1. The van der Waals surface area contributed by atoms with Gasteiger partial charge in [0.05, 0.1) is 12.7 Å². The second-order valence-electron chi connectivity index (χ2n) is 5.15. The molecule has 4 atom stereocenters. The van der Waals surface area contributed by atoms with E-state index in [1.54, 1.807) is 0 Å². The molecule has 110 valence electrons. The first-order chi connectivity index (χ1) is 9.58. The van der Waals surface area contributed by atoms with Gasteiger partial charge in [0.1, 0.15) is 24.1 Å². The third-order valence-corrected chi connectivity index (χ3v) is 3.57. The molecule has 0 aliphatic carbocycles. The summed E-state index contributed by atoms with van der Waals surface area (Å²) in [6.07, 6.45) is -3.24. The van der Waals surface area contributed by atoms with E-state index in [-0.39, 0.29) is 18.8 Å². The van der Waals surface area contributed by atoms with Gasteiger partial charge in [0.2, 0.25) is 0 Å². The van der Waals surface area contributed by atoms with Crippen LogP contribution in [-0.4, -0.2) is 52.1 Å². The largest absolute Gasteiger partial charge is 0.388 e. The smallest absolute Gasteiger partial charge is 0.135 e. The predicted octanol–water partition coefficient (Wildman–Crippen LogP) is 0.0599. The minimum atomic E-state index is -1.25. The van der Waals surface area contributed by atoms with Gasteiger partial charge in [0.25, 0.3) is 0 Å². The van der Waals surface area contributed by atoms with E-state index in [9.17, 15) is 20.1 Å². The minimum Gasteiger partial charge on any atom is -0.388 e. The molecule has 20 heavy (non-hydrogen) atoms. The molecular weight excluding hydrogens is 260 g/mol. The van der Waals surface area contributed by atoms with Crippen LogP contribution in [0.5, 0.6) is 0 Å². The van der Waals surface area contributed by atoms with Crippen LogP contribution in [0.4, 0.5) is 0 Å².